The van der Waals surface area contributed by atoms with E-state index in [0.717, 1.165) is 70.6 Å². The summed E-state index contributed by atoms with van der Waals surface area (Å²) in [6, 6.07) is -3.79. The highest BCUT2D eigenvalue weighted by Gasteiger charge is 2.64. The first kappa shape index (κ1) is 40.2. The van der Waals surface area contributed by atoms with Gasteiger partial charge in [-0.15, -0.1) is 0 Å². The fourth-order valence-electron chi connectivity index (χ4n) is 9.86. The van der Waals surface area contributed by atoms with Gasteiger partial charge in [0.1, 0.15) is 12.1 Å². The molecule has 4 saturated carbocycles. The molecule has 2 heterocycles. The Balaban J connectivity index is 1.21. The van der Waals surface area contributed by atoms with Gasteiger partial charge in [0.25, 0.3) is 5.91 Å². The van der Waals surface area contributed by atoms with Gasteiger partial charge in [-0.1, -0.05) is 67.2 Å². The van der Waals surface area contributed by atoms with E-state index in [4.69, 9.17) is 0 Å². The van der Waals surface area contributed by atoms with Crippen LogP contribution in [0.4, 0.5) is 4.79 Å². The molecule has 2 saturated heterocycles. The van der Waals surface area contributed by atoms with Crippen molar-refractivity contribution in [1.29, 1.82) is 0 Å². The predicted molar refractivity (Wildman–Crippen MR) is 201 cm³/mol. The Labute approximate surface area is 320 Å². The van der Waals surface area contributed by atoms with Gasteiger partial charge in [-0.05, 0) is 91.8 Å². The van der Waals surface area contributed by atoms with Crippen molar-refractivity contribution in [3.63, 3.8) is 0 Å². The summed E-state index contributed by atoms with van der Waals surface area (Å²) >= 11 is 0. The molecule has 13 heteroatoms. The number of likely N-dealkylation sites (tertiary alicyclic amines) is 2. The highest BCUT2D eigenvalue weighted by molar-refractivity contribution is 6.38. The van der Waals surface area contributed by atoms with Crippen LogP contribution >= 0.6 is 0 Å². The molecule has 1 unspecified atom stereocenters. The summed E-state index contributed by atoms with van der Waals surface area (Å²) in [7, 11) is 0. The highest BCUT2D eigenvalue weighted by Crippen LogP contribution is 2.66. The molecule has 0 aromatic rings. The van der Waals surface area contributed by atoms with E-state index in [0.29, 0.717) is 19.4 Å². The van der Waals surface area contributed by atoms with Crippen molar-refractivity contribution < 1.29 is 33.6 Å². The monoisotopic (exact) mass is 752 g/mol. The van der Waals surface area contributed by atoms with Crippen molar-refractivity contribution >= 4 is 41.4 Å². The molecular weight excluding hydrogens is 688 g/mol. The first-order valence-corrected chi connectivity index (χ1v) is 20.8. The van der Waals surface area contributed by atoms with E-state index in [1.54, 1.807) is 4.90 Å². The maximum atomic E-state index is 15.0. The van der Waals surface area contributed by atoms with E-state index >= 15 is 0 Å². The summed E-state index contributed by atoms with van der Waals surface area (Å²) in [4.78, 5) is 98.5. The molecule has 6 aliphatic rings. The van der Waals surface area contributed by atoms with Crippen LogP contribution in [0.2, 0.25) is 0 Å². The minimum Gasteiger partial charge on any atom is -0.347 e. The number of carbonyl (C=O) groups excluding carboxylic acids is 7. The second kappa shape index (κ2) is 15.6. The van der Waals surface area contributed by atoms with Gasteiger partial charge in [0.05, 0.1) is 12.1 Å². The molecule has 4 N–H and O–H groups in total. The Morgan fingerprint density at radius 1 is 0.852 bits per heavy atom. The molecule has 0 aromatic heterocycles. The maximum Gasteiger partial charge on any atom is 0.315 e. The van der Waals surface area contributed by atoms with Gasteiger partial charge in [0, 0.05) is 32.0 Å². The van der Waals surface area contributed by atoms with Gasteiger partial charge in [0.2, 0.25) is 29.4 Å². The fourth-order valence-corrected chi connectivity index (χ4v) is 9.86. The second-order valence-electron chi connectivity index (χ2n) is 19.4. The van der Waals surface area contributed by atoms with Gasteiger partial charge in [-0.2, -0.15) is 0 Å². The third-order valence-corrected chi connectivity index (χ3v) is 13.5. The molecule has 7 amide bonds. The van der Waals surface area contributed by atoms with E-state index in [-0.39, 0.29) is 66.3 Å². The molecule has 54 heavy (non-hydrogen) atoms. The average molecular weight is 753 g/mol. The zero-order valence-electron chi connectivity index (χ0n) is 33.4. The van der Waals surface area contributed by atoms with E-state index in [1.165, 1.54) is 4.90 Å². The first-order valence-electron chi connectivity index (χ1n) is 20.8. The third-order valence-electron chi connectivity index (χ3n) is 13.5. The molecule has 13 nitrogen and oxygen atoms in total. The number of rotatable bonds is 13. The lowest BCUT2D eigenvalue weighted by atomic mass is 9.80. The van der Waals surface area contributed by atoms with Crippen molar-refractivity contribution in [2.24, 2.45) is 34.0 Å². The molecule has 6 atom stereocenters. The summed E-state index contributed by atoms with van der Waals surface area (Å²) in [6.07, 6.45) is 11.5. The number of Topliss-reactive ketones (excluding diaryl/α,β-unsaturated/α-hetero) is 1. The summed E-state index contributed by atoms with van der Waals surface area (Å²) in [5, 5.41) is 11.8. The molecule has 0 aromatic carbocycles. The Kier molecular flexibility index (Phi) is 11.6. The Hall–Kier alpha value is -3.51. The number of nitrogens with one attached hydrogen (secondary N) is 4. The minimum atomic E-state index is -0.981. The number of piperidine rings is 1. The standard InChI is InChI=1S/C41H64N6O7/c1-7-11-28(34(50)36(52)42-25-14-15-25)43-35(51)33-26-16-17-41(18-19-41)27(26)22-47(33)37(53)32(24-12-9-8-10-13-24)45-38(54)44-29(39(2,3)4)23-46-30(48)20-40(5,6)21-31(46)49/h24-29,32-33H,7-23H2,1-6H3,(H,42,52)(H,43,51)(H2,44,45,54)/t26-,27-,28?,29+,32-,33-/m0/s1. The van der Waals surface area contributed by atoms with Crippen LogP contribution < -0.4 is 21.3 Å². The molecule has 1 spiro atoms. The normalized spacial score (nSPS) is 27.9. The van der Waals surface area contributed by atoms with E-state index in [2.05, 4.69) is 21.3 Å². The summed E-state index contributed by atoms with van der Waals surface area (Å²) in [6.45, 7) is 12.0. The number of amides is 7. The van der Waals surface area contributed by atoms with Crippen LogP contribution in [0.25, 0.3) is 0 Å². The molecule has 0 bridgehead atoms. The lowest BCUT2D eigenvalue weighted by Crippen LogP contribution is -2.62. The van der Waals surface area contributed by atoms with Crippen LogP contribution in [0.1, 0.15) is 138 Å². The van der Waals surface area contributed by atoms with Gasteiger partial charge < -0.3 is 26.2 Å². The van der Waals surface area contributed by atoms with Crippen LogP contribution in [-0.2, 0) is 28.8 Å². The topological polar surface area (TPSA) is 174 Å². The largest absolute Gasteiger partial charge is 0.347 e. The summed E-state index contributed by atoms with van der Waals surface area (Å²) in [5.41, 5.74) is -0.810. The van der Waals surface area contributed by atoms with Gasteiger partial charge >= 0.3 is 6.03 Å². The Bertz CT molecular complexity index is 1490. The van der Waals surface area contributed by atoms with Crippen molar-refractivity contribution in [2.75, 3.05) is 13.1 Å². The van der Waals surface area contributed by atoms with Gasteiger partial charge in [-0.25, -0.2) is 4.79 Å². The molecule has 300 valence electrons. The minimum absolute atomic E-state index is 0.0126. The number of fused-ring (bicyclic) bond motifs is 2. The van der Waals surface area contributed by atoms with Gasteiger partial charge in [0.15, 0.2) is 0 Å². The number of urea groups is 1. The summed E-state index contributed by atoms with van der Waals surface area (Å²) < 4.78 is 0. The number of hydrogen-bond donors (Lipinski definition) is 4. The average Bonchev–Trinajstić information content (AvgIpc) is 4.01. The van der Waals surface area contributed by atoms with Crippen molar-refractivity contribution in [3.05, 3.63) is 0 Å². The van der Waals surface area contributed by atoms with E-state index in [1.807, 2.05) is 41.5 Å². The number of hydrogen-bond acceptors (Lipinski definition) is 7. The smallest absolute Gasteiger partial charge is 0.315 e. The molecule has 4 aliphatic carbocycles. The first-order chi connectivity index (χ1) is 25.4. The number of nitrogens with zero attached hydrogens (tertiary/aromatic N) is 2. The SMILES string of the molecule is CCCC(NC(=O)[C@@H]1[C@H]2CCC3(CC3)[C@H]2CN1C(=O)[C@@H](NC(=O)N[C@H](CN1C(=O)CC(C)(C)CC1=O)C(C)(C)C)C1CCCCC1)C(=O)C(=O)NC1CC1. The van der Waals surface area contributed by atoms with Crippen molar-refractivity contribution in [3.8, 4) is 0 Å². The molecule has 0 radical (unpaired) electrons. The number of ketones is 1. The van der Waals surface area contributed by atoms with Crippen LogP contribution in [0.3, 0.4) is 0 Å². The molecule has 6 fully saturated rings. The number of imide groups is 1. The third kappa shape index (κ3) is 8.80. The van der Waals surface area contributed by atoms with Crippen LogP contribution in [0.15, 0.2) is 0 Å². The molecule has 2 aliphatic heterocycles. The fraction of sp³-hybridized carbons (Fsp3) is 0.829. The lowest BCUT2D eigenvalue weighted by Gasteiger charge is -2.40. The second-order valence-corrected chi connectivity index (χ2v) is 19.4. The van der Waals surface area contributed by atoms with Crippen LogP contribution in [0, 0.1) is 34.0 Å². The lowest BCUT2D eigenvalue weighted by molar-refractivity contribution is -0.153. The Morgan fingerprint density at radius 3 is 2.07 bits per heavy atom. The number of carbonyl (C=O) groups is 7. The summed E-state index contributed by atoms with van der Waals surface area (Å²) in [5.74, 6) is -2.57. The van der Waals surface area contributed by atoms with E-state index in [9.17, 15) is 33.6 Å². The zero-order valence-corrected chi connectivity index (χ0v) is 33.4. The van der Waals surface area contributed by atoms with E-state index < -0.39 is 58.6 Å². The predicted octanol–water partition coefficient (Wildman–Crippen LogP) is 3.97. The maximum absolute atomic E-state index is 15.0. The van der Waals surface area contributed by atoms with Gasteiger partial charge in [-0.3, -0.25) is 33.7 Å². The van der Waals surface area contributed by atoms with Crippen LogP contribution in [-0.4, -0.2) is 94.4 Å². The van der Waals surface area contributed by atoms with Crippen molar-refractivity contribution in [2.45, 2.75) is 168 Å². The molecular formula is C41H64N6O7. The zero-order chi connectivity index (χ0) is 39.2. The van der Waals surface area contributed by atoms with Crippen LogP contribution in [0.5, 0.6) is 0 Å². The highest BCUT2D eigenvalue weighted by atomic mass is 16.2. The van der Waals surface area contributed by atoms with Crippen molar-refractivity contribution in [1.82, 2.24) is 31.1 Å². The Morgan fingerprint density at radius 2 is 1.50 bits per heavy atom. The molecule has 6 rings (SSSR count). The quantitative estimate of drug-likeness (QED) is 0.163.